The molecule has 0 aliphatic carbocycles. The van der Waals surface area contributed by atoms with E-state index >= 15 is 0 Å². The maximum Gasteiger partial charge on any atom is 0.279 e. The Morgan fingerprint density at radius 2 is 1.83 bits per heavy atom. The van der Waals surface area contributed by atoms with Gasteiger partial charge in [-0.1, -0.05) is 30.3 Å². The molecular formula is C26H30N6O3. The van der Waals surface area contributed by atoms with Gasteiger partial charge in [0.05, 0.1) is 24.2 Å². The average molecular weight is 475 g/mol. The zero-order chi connectivity index (χ0) is 24.8. The van der Waals surface area contributed by atoms with Crippen molar-refractivity contribution in [2.24, 2.45) is 4.99 Å². The summed E-state index contributed by atoms with van der Waals surface area (Å²) in [4.78, 5) is 37.0. The third-order valence-electron chi connectivity index (χ3n) is 6.48. The van der Waals surface area contributed by atoms with E-state index in [0.717, 1.165) is 11.1 Å². The molecule has 2 amide bonds. The number of amides is 2. The second-order valence-corrected chi connectivity index (χ2v) is 8.85. The predicted molar refractivity (Wildman–Crippen MR) is 134 cm³/mol. The molecule has 0 bridgehead atoms. The first-order valence-corrected chi connectivity index (χ1v) is 11.7. The van der Waals surface area contributed by atoms with Crippen molar-refractivity contribution in [1.82, 2.24) is 20.1 Å². The van der Waals surface area contributed by atoms with Crippen LogP contribution in [-0.2, 0) is 16.0 Å². The van der Waals surface area contributed by atoms with Gasteiger partial charge < -0.3 is 15.3 Å². The van der Waals surface area contributed by atoms with E-state index in [9.17, 15) is 14.7 Å². The Hall–Kier alpha value is -3.85. The lowest BCUT2D eigenvalue weighted by atomic mass is 9.90. The maximum absolute atomic E-state index is 13.0. The second kappa shape index (κ2) is 10.6. The van der Waals surface area contributed by atoms with E-state index < -0.39 is 11.5 Å². The van der Waals surface area contributed by atoms with Gasteiger partial charge in [0.25, 0.3) is 5.91 Å². The number of carbonyl (C=O) groups excluding carboxylic acids is 2. The molecule has 3 N–H and O–H groups in total. The van der Waals surface area contributed by atoms with Gasteiger partial charge in [-0.15, -0.1) is 0 Å². The van der Waals surface area contributed by atoms with Crippen LogP contribution in [0.15, 0.2) is 65.5 Å². The molecule has 1 aromatic carbocycles. The molecule has 0 spiro atoms. The van der Waals surface area contributed by atoms with E-state index in [4.69, 9.17) is 5.41 Å². The van der Waals surface area contributed by atoms with Gasteiger partial charge in [0.2, 0.25) is 5.91 Å². The van der Waals surface area contributed by atoms with Crippen LogP contribution in [0.4, 0.5) is 0 Å². The summed E-state index contributed by atoms with van der Waals surface area (Å²) in [6.07, 6.45) is 6.47. The number of aromatic nitrogens is 1. The highest BCUT2D eigenvalue weighted by molar-refractivity contribution is 6.47. The molecule has 0 saturated carbocycles. The summed E-state index contributed by atoms with van der Waals surface area (Å²) in [5, 5.41) is 22.6. The quantitative estimate of drug-likeness (QED) is 0.565. The summed E-state index contributed by atoms with van der Waals surface area (Å²) in [6, 6.07) is 13.4. The van der Waals surface area contributed by atoms with Gasteiger partial charge in [0.1, 0.15) is 11.4 Å². The number of hydrogen-bond acceptors (Lipinski definition) is 7. The zero-order valence-electron chi connectivity index (χ0n) is 19.8. The van der Waals surface area contributed by atoms with Crippen molar-refractivity contribution in [2.75, 3.05) is 26.7 Å². The van der Waals surface area contributed by atoms with E-state index in [1.54, 1.807) is 36.5 Å². The predicted octanol–water partition coefficient (Wildman–Crippen LogP) is 1.85. The minimum absolute atomic E-state index is 0.0290. The number of nitrogens with one attached hydrogen (secondary N) is 2. The van der Waals surface area contributed by atoms with Crippen molar-refractivity contribution in [3.05, 3.63) is 71.7 Å². The van der Waals surface area contributed by atoms with Crippen molar-refractivity contribution >= 4 is 29.6 Å². The second-order valence-electron chi connectivity index (χ2n) is 8.85. The zero-order valence-corrected chi connectivity index (χ0v) is 19.8. The van der Waals surface area contributed by atoms with Gasteiger partial charge in [-0.2, -0.15) is 0 Å². The monoisotopic (exact) mass is 474 g/mol. The van der Waals surface area contributed by atoms with Crippen LogP contribution < -0.4 is 5.32 Å². The fourth-order valence-electron chi connectivity index (χ4n) is 4.41. The lowest BCUT2D eigenvalue weighted by molar-refractivity contribution is -0.137. The van der Waals surface area contributed by atoms with E-state index in [0.29, 0.717) is 44.5 Å². The van der Waals surface area contributed by atoms with Gasteiger partial charge in [-0.3, -0.25) is 24.9 Å². The number of carbonyl (C=O) groups is 2. The smallest absolute Gasteiger partial charge is 0.279 e. The third-order valence-corrected chi connectivity index (χ3v) is 6.48. The van der Waals surface area contributed by atoms with Gasteiger partial charge in [-0.05, 0) is 37.0 Å². The number of likely N-dealkylation sites (tertiary alicyclic amines) is 1. The number of benzene rings is 1. The Morgan fingerprint density at radius 3 is 2.49 bits per heavy atom. The molecule has 0 atom stereocenters. The molecule has 9 heteroatoms. The van der Waals surface area contributed by atoms with Crippen molar-refractivity contribution < 1.29 is 14.7 Å². The van der Waals surface area contributed by atoms with Crippen molar-refractivity contribution in [3.8, 4) is 0 Å². The fourth-order valence-corrected chi connectivity index (χ4v) is 4.41. The molecular weight excluding hydrogens is 444 g/mol. The Kier molecular flexibility index (Phi) is 7.36. The minimum atomic E-state index is -1.14. The number of aliphatic hydroxyl groups is 1. The molecule has 1 fully saturated rings. The lowest BCUT2D eigenvalue weighted by Crippen LogP contribution is -2.54. The van der Waals surface area contributed by atoms with E-state index in [2.05, 4.69) is 15.3 Å². The topological polar surface area (TPSA) is 122 Å². The Bertz CT molecular complexity index is 1140. The molecule has 0 unspecified atom stereocenters. The number of rotatable bonds is 7. The van der Waals surface area contributed by atoms with Gasteiger partial charge in [0, 0.05) is 44.5 Å². The first-order valence-electron chi connectivity index (χ1n) is 11.7. The number of aliphatic imine (C=N–C) groups is 1. The first kappa shape index (κ1) is 24.3. The van der Waals surface area contributed by atoms with Crippen molar-refractivity contribution in [1.29, 1.82) is 5.41 Å². The van der Waals surface area contributed by atoms with Crippen LogP contribution in [0.3, 0.4) is 0 Å². The average Bonchev–Trinajstić information content (AvgIpc) is 2.89. The van der Waals surface area contributed by atoms with Gasteiger partial charge in [0.15, 0.2) is 0 Å². The highest BCUT2D eigenvalue weighted by Gasteiger charge is 2.38. The summed E-state index contributed by atoms with van der Waals surface area (Å²) in [5.41, 5.74) is 1.30. The molecule has 9 nitrogen and oxygen atoms in total. The Labute approximate surface area is 204 Å². The highest BCUT2D eigenvalue weighted by atomic mass is 16.3. The molecule has 1 saturated heterocycles. The normalized spacial score (nSPS) is 19.0. The van der Waals surface area contributed by atoms with Crippen LogP contribution in [0.2, 0.25) is 0 Å². The maximum atomic E-state index is 13.0. The Balaban J connectivity index is 1.37. The van der Waals surface area contributed by atoms with Gasteiger partial charge >= 0.3 is 0 Å². The summed E-state index contributed by atoms with van der Waals surface area (Å²) in [6.45, 7) is 0.886. The van der Waals surface area contributed by atoms with Crippen LogP contribution in [0.5, 0.6) is 0 Å². The first-order chi connectivity index (χ1) is 16.9. The molecule has 3 heterocycles. The highest BCUT2D eigenvalue weighted by Crippen LogP contribution is 2.26. The number of β-amino-alcohol motifs (C(OH)–C–C–N with tert-alkyl or cyclic N) is 1. The number of nitrogens with zero attached hydrogens (tertiary/aromatic N) is 4. The van der Waals surface area contributed by atoms with Crippen LogP contribution in [0, 0.1) is 5.41 Å². The Morgan fingerprint density at radius 1 is 1.14 bits per heavy atom. The van der Waals surface area contributed by atoms with Crippen LogP contribution in [0.1, 0.15) is 30.4 Å². The fraction of sp³-hybridized carbons (Fsp3) is 0.346. The summed E-state index contributed by atoms with van der Waals surface area (Å²) < 4.78 is 0. The molecule has 2 aliphatic heterocycles. The molecule has 35 heavy (non-hydrogen) atoms. The molecule has 1 aromatic heterocycles. The van der Waals surface area contributed by atoms with Gasteiger partial charge in [-0.25, -0.2) is 4.99 Å². The SMILES string of the molecule is CN/C(=C1/N=CN(CC2(O)CCN(C(=O)CCc3ccccc3)CC2)C(=O)C1=N)c1ccncc1. The summed E-state index contributed by atoms with van der Waals surface area (Å²) in [7, 11) is 1.71. The number of pyridine rings is 1. The summed E-state index contributed by atoms with van der Waals surface area (Å²) >= 11 is 0. The standard InChI is InChI=1S/C26H30N6O3/c1-28-23(20-9-13-29-14-10-20)24-22(27)25(34)32(18-30-24)17-26(35)11-15-31(16-12-26)21(33)8-7-19-5-3-2-4-6-19/h2-6,9-10,13-14,18,27-28,35H,7-8,11-12,15-17H2,1H3/b24-23+,27-22?. The molecule has 0 radical (unpaired) electrons. The third kappa shape index (κ3) is 5.63. The lowest BCUT2D eigenvalue weighted by Gasteiger charge is -2.40. The van der Waals surface area contributed by atoms with E-state index in [-0.39, 0.29) is 23.9 Å². The number of piperidine rings is 1. The number of aryl methyl sites for hydroxylation is 1. The van der Waals surface area contributed by atoms with Crippen LogP contribution >= 0.6 is 0 Å². The minimum Gasteiger partial charge on any atom is -0.388 e. The molecule has 2 aromatic rings. The van der Waals surface area contributed by atoms with Crippen molar-refractivity contribution in [2.45, 2.75) is 31.3 Å². The van der Waals surface area contributed by atoms with Crippen molar-refractivity contribution in [3.63, 3.8) is 0 Å². The molecule has 182 valence electrons. The van der Waals surface area contributed by atoms with Crippen LogP contribution in [-0.4, -0.2) is 76.0 Å². The summed E-state index contributed by atoms with van der Waals surface area (Å²) in [5.74, 6) is -0.453. The van der Waals surface area contributed by atoms with Crippen LogP contribution in [0.25, 0.3) is 5.70 Å². The van der Waals surface area contributed by atoms with E-state index in [1.165, 1.54) is 11.2 Å². The van der Waals surface area contributed by atoms with E-state index in [1.807, 2.05) is 30.3 Å². The molecule has 2 aliphatic rings. The molecule has 4 rings (SSSR count). The number of hydrogen-bond donors (Lipinski definition) is 3. The largest absolute Gasteiger partial charge is 0.388 e.